The first-order valence-electron chi connectivity index (χ1n) is 10.5. The number of rotatable bonds is 6. The van der Waals surface area contributed by atoms with Gasteiger partial charge in [0.1, 0.15) is 5.56 Å². The number of benzene rings is 1. The second-order valence-electron chi connectivity index (χ2n) is 7.47. The average molecular weight is 470 g/mol. The molecule has 0 radical (unpaired) electrons. The second-order valence-corrected chi connectivity index (χ2v) is 7.47. The van der Waals surface area contributed by atoms with Gasteiger partial charge in [-0.1, -0.05) is 24.3 Å². The van der Waals surface area contributed by atoms with Crippen molar-refractivity contribution in [2.24, 2.45) is 4.99 Å². The molecular formula is C24H21F3N4O3. The largest absolute Gasteiger partial charge is 0.481 e. The molecule has 4 rings (SSSR count). The summed E-state index contributed by atoms with van der Waals surface area (Å²) in [5.41, 5.74) is 3.09. The number of aromatic nitrogens is 2. The Morgan fingerprint density at radius 2 is 1.85 bits per heavy atom. The molecule has 1 aromatic carbocycles. The minimum atomic E-state index is -4.66. The number of aliphatic imine (C=N–C) groups is 1. The zero-order valence-corrected chi connectivity index (χ0v) is 18.4. The molecule has 34 heavy (non-hydrogen) atoms. The van der Waals surface area contributed by atoms with Crippen LogP contribution in [0.4, 0.5) is 18.9 Å². The molecule has 0 unspecified atom stereocenters. The van der Waals surface area contributed by atoms with E-state index in [1.807, 2.05) is 25.1 Å². The molecule has 0 fully saturated rings. The molecule has 0 spiro atoms. The van der Waals surface area contributed by atoms with E-state index in [4.69, 9.17) is 4.74 Å². The van der Waals surface area contributed by atoms with Gasteiger partial charge in [0.15, 0.2) is 0 Å². The van der Waals surface area contributed by atoms with Gasteiger partial charge in [0, 0.05) is 11.8 Å². The standard InChI is InChI=1S/C24H21F3N4O3/c1-3-34-22-18-9-16(11-28-20(18)13-30-22)15-6-4-14(5-7-15)8-21(32)31-17-10-19(24(25,26)27)23(33-2)29-12-17/h4-7,9-12H,3,8,13H2,1-2H3,(H,31,32). The Balaban J connectivity index is 1.44. The van der Waals surface area contributed by atoms with E-state index in [1.165, 1.54) is 0 Å². The predicted molar refractivity (Wildman–Crippen MR) is 120 cm³/mol. The second kappa shape index (κ2) is 9.50. The van der Waals surface area contributed by atoms with Crippen LogP contribution in [0, 0.1) is 0 Å². The number of hydrogen-bond acceptors (Lipinski definition) is 6. The van der Waals surface area contributed by atoms with E-state index < -0.39 is 23.5 Å². The van der Waals surface area contributed by atoms with Crippen LogP contribution in [0.15, 0.2) is 53.8 Å². The van der Waals surface area contributed by atoms with E-state index in [1.54, 1.807) is 18.3 Å². The fraction of sp³-hybridized carbons (Fsp3) is 0.250. The molecule has 0 bridgehead atoms. The van der Waals surface area contributed by atoms with Crippen LogP contribution in [0.1, 0.15) is 29.3 Å². The summed E-state index contributed by atoms with van der Waals surface area (Å²) >= 11 is 0. The number of anilines is 1. The third-order valence-corrected chi connectivity index (χ3v) is 5.14. The van der Waals surface area contributed by atoms with Crippen molar-refractivity contribution in [1.29, 1.82) is 0 Å². The van der Waals surface area contributed by atoms with E-state index in [2.05, 4.69) is 25.0 Å². The number of nitrogens with one attached hydrogen (secondary N) is 1. The van der Waals surface area contributed by atoms with Gasteiger partial charge in [0.2, 0.25) is 17.7 Å². The summed E-state index contributed by atoms with van der Waals surface area (Å²) in [5, 5.41) is 2.45. The highest BCUT2D eigenvalue weighted by molar-refractivity contribution is 5.98. The van der Waals surface area contributed by atoms with Crippen molar-refractivity contribution >= 4 is 17.5 Å². The Labute approximate surface area is 193 Å². The molecule has 7 nitrogen and oxygen atoms in total. The van der Waals surface area contributed by atoms with Crippen LogP contribution in [0.25, 0.3) is 11.1 Å². The average Bonchev–Trinajstić information content (AvgIpc) is 3.21. The molecule has 10 heteroatoms. The van der Waals surface area contributed by atoms with Gasteiger partial charge < -0.3 is 14.8 Å². The molecule has 176 valence electrons. The van der Waals surface area contributed by atoms with Crippen molar-refractivity contribution in [3.63, 3.8) is 0 Å². The number of halogens is 3. The van der Waals surface area contributed by atoms with Crippen molar-refractivity contribution in [1.82, 2.24) is 9.97 Å². The number of fused-ring (bicyclic) bond motifs is 1. The van der Waals surface area contributed by atoms with Crippen molar-refractivity contribution in [3.05, 3.63) is 71.2 Å². The lowest BCUT2D eigenvalue weighted by Crippen LogP contribution is -2.16. The van der Waals surface area contributed by atoms with Crippen LogP contribution >= 0.6 is 0 Å². The molecule has 1 aliphatic heterocycles. The summed E-state index contributed by atoms with van der Waals surface area (Å²) in [6.45, 7) is 2.91. The predicted octanol–water partition coefficient (Wildman–Crippen LogP) is 4.65. The van der Waals surface area contributed by atoms with E-state index in [-0.39, 0.29) is 12.1 Å². The number of hydrogen-bond donors (Lipinski definition) is 1. The number of carbonyl (C=O) groups is 1. The SMILES string of the molecule is CCOC1=NCc2ncc(-c3ccc(CC(=O)Nc4cnc(OC)c(C(F)(F)F)c4)cc3)cc21. The molecule has 0 aliphatic carbocycles. The maximum Gasteiger partial charge on any atom is 0.421 e. The lowest BCUT2D eigenvalue weighted by Gasteiger charge is -2.13. The van der Waals surface area contributed by atoms with Crippen LogP contribution in [0.3, 0.4) is 0 Å². The number of nitrogens with zero attached hydrogens (tertiary/aromatic N) is 3. The van der Waals surface area contributed by atoms with E-state index >= 15 is 0 Å². The molecule has 3 aromatic rings. The first-order valence-corrected chi connectivity index (χ1v) is 10.5. The van der Waals surface area contributed by atoms with E-state index in [0.29, 0.717) is 24.6 Å². The Hall–Kier alpha value is -3.95. The van der Waals surface area contributed by atoms with Gasteiger partial charge in [-0.15, -0.1) is 0 Å². The van der Waals surface area contributed by atoms with Crippen LogP contribution in [-0.4, -0.2) is 35.5 Å². The summed E-state index contributed by atoms with van der Waals surface area (Å²) < 4.78 is 49.7. The van der Waals surface area contributed by atoms with Crippen molar-refractivity contribution in [3.8, 4) is 17.0 Å². The zero-order valence-electron chi connectivity index (χ0n) is 18.4. The summed E-state index contributed by atoms with van der Waals surface area (Å²) in [7, 11) is 1.10. The maximum atomic E-state index is 13.2. The number of methoxy groups -OCH3 is 1. The smallest absolute Gasteiger partial charge is 0.421 e. The monoisotopic (exact) mass is 470 g/mol. The first-order chi connectivity index (χ1) is 16.3. The highest BCUT2D eigenvalue weighted by Gasteiger charge is 2.35. The molecule has 1 aliphatic rings. The molecule has 0 atom stereocenters. The zero-order chi connectivity index (χ0) is 24.3. The van der Waals surface area contributed by atoms with Gasteiger partial charge in [-0.05, 0) is 30.2 Å². The number of amides is 1. The van der Waals surface area contributed by atoms with Crippen molar-refractivity contribution in [2.45, 2.75) is 26.1 Å². The third-order valence-electron chi connectivity index (χ3n) is 5.14. The molecule has 1 N–H and O–H groups in total. The molecule has 3 heterocycles. The van der Waals surface area contributed by atoms with Gasteiger partial charge in [-0.3, -0.25) is 9.78 Å². The number of pyridine rings is 2. The number of alkyl halides is 3. The molecule has 0 saturated carbocycles. The molecule has 2 aromatic heterocycles. The fourth-order valence-electron chi connectivity index (χ4n) is 3.55. The third kappa shape index (κ3) is 5.00. The summed E-state index contributed by atoms with van der Waals surface area (Å²) in [4.78, 5) is 24.8. The van der Waals surface area contributed by atoms with Crippen molar-refractivity contribution < 1.29 is 27.4 Å². The highest BCUT2D eigenvalue weighted by Crippen LogP contribution is 2.36. The Bertz CT molecular complexity index is 1240. The molecule has 0 saturated heterocycles. The minimum absolute atomic E-state index is 0.0166. The maximum absolute atomic E-state index is 13.2. The van der Waals surface area contributed by atoms with E-state index in [0.717, 1.165) is 41.8 Å². The van der Waals surface area contributed by atoms with Gasteiger partial charge >= 0.3 is 6.18 Å². The molecule has 1 amide bonds. The van der Waals surface area contributed by atoms with Gasteiger partial charge in [0.05, 0.1) is 49.8 Å². The lowest BCUT2D eigenvalue weighted by molar-refractivity contribution is -0.139. The highest BCUT2D eigenvalue weighted by atomic mass is 19.4. The first kappa shape index (κ1) is 23.2. The Morgan fingerprint density at radius 1 is 1.09 bits per heavy atom. The van der Waals surface area contributed by atoms with Gasteiger partial charge in [-0.2, -0.15) is 13.2 Å². The van der Waals surface area contributed by atoms with E-state index in [9.17, 15) is 18.0 Å². The molecular weight excluding hydrogens is 449 g/mol. The lowest BCUT2D eigenvalue weighted by atomic mass is 10.0. The van der Waals surface area contributed by atoms with Crippen LogP contribution in [0.2, 0.25) is 0 Å². The quantitative estimate of drug-likeness (QED) is 0.567. The fourth-order valence-corrected chi connectivity index (χ4v) is 3.55. The van der Waals surface area contributed by atoms with Crippen LogP contribution in [-0.2, 0) is 28.7 Å². The Morgan fingerprint density at radius 3 is 2.53 bits per heavy atom. The number of carbonyl (C=O) groups excluding carboxylic acids is 1. The summed E-state index contributed by atoms with van der Waals surface area (Å²) in [6.07, 6.45) is -1.79. The van der Waals surface area contributed by atoms with Gasteiger partial charge in [0.25, 0.3) is 0 Å². The van der Waals surface area contributed by atoms with Gasteiger partial charge in [-0.25, -0.2) is 9.98 Å². The van der Waals surface area contributed by atoms with Crippen LogP contribution < -0.4 is 10.1 Å². The normalized spacial score (nSPS) is 12.7. The van der Waals surface area contributed by atoms with Crippen molar-refractivity contribution in [2.75, 3.05) is 19.0 Å². The summed E-state index contributed by atoms with van der Waals surface area (Å²) in [5.74, 6) is -0.437. The van der Waals surface area contributed by atoms with Crippen LogP contribution in [0.5, 0.6) is 5.88 Å². The minimum Gasteiger partial charge on any atom is -0.481 e. The Kier molecular flexibility index (Phi) is 6.49. The number of ether oxygens (including phenoxy) is 2. The topological polar surface area (TPSA) is 85.7 Å². The summed E-state index contributed by atoms with van der Waals surface area (Å²) in [6, 6.07) is 10.1.